The van der Waals surface area contributed by atoms with E-state index in [0.29, 0.717) is 5.92 Å². The van der Waals surface area contributed by atoms with E-state index >= 15 is 0 Å². The quantitative estimate of drug-likeness (QED) is 0.565. The van der Waals surface area contributed by atoms with Crippen molar-refractivity contribution < 1.29 is 9.90 Å². The van der Waals surface area contributed by atoms with Crippen molar-refractivity contribution in [3.8, 4) is 0 Å². The van der Waals surface area contributed by atoms with Gasteiger partial charge in [0, 0.05) is 6.54 Å². The number of likely N-dealkylation sites (tertiary alicyclic amines) is 1. The average Bonchev–Trinajstić information content (AvgIpc) is 2.32. The van der Waals surface area contributed by atoms with Crippen molar-refractivity contribution in [3.05, 3.63) is 0 Å². The van der Waals surface area contributed by atoms with E-state index in [1.165, 1.54) is 0 Å². The summed E-state index contributed by atoms with van der Waals surface area (Å²) in [6.07, 6.45) is 3.00. The van der Waals surface area contributed by atoms with E-state index in [2.05, 4.69) is 10.2 Å². The van der Waals surface area contributed by atoms with E-state index in [9.17, 15) is 4.79 Å². The van der Waals surface area contributed by atoms with E-state index in [1.54, 1.807) is 0 Å². The number of hydrogen-bond acceptors (Lipinski definition) is 4. The van der Waals surface area contributed by atoms with Gasteiger partial charge in [-0.1, -0.05) is 6.92 Å². The van der Waals surface area contributed by atoms with Gasteiger partial charge >= 0.3 is 0 Å². The van der Waals surface area contributed by atoms with Crippen LogP contribution in [0.15, 0.2) is 0 Å². The van der Waals surface area contributed by atoms with Gasteiger partial charge in [0.2, 0.25) is 5.91 Å². The first-order chi connectivity index (χ1) is 8.17. The summed E-state index contributed by atoms with van der Waals surface area (Å²) in [6.45, 7) is 5.93. The van der Waals surface area contributed by atoms with Gasteiger partial charge in [-0.2, -0.15) is 0 Å². The summed E-state index contributed by atoms with van der Waals surface area (Å²) in [5, 5.41) is 12.1. The van der Waals surface area contributed by atoms with Crippen molar-refractivity contribution in [1.82, 2.24) is 10.2 Å². The Morgan fingerprint density at radius 3 is 2.65 bits per heavy atom. The molecule has 0 aromatic carbocycles. The first-order valence-electron chi connectivity index (χ1n) is 6.53. The van der Waals surface area contributed by atoms with Crippen molar-refractivity contribution in [1.29, 1.82) is 0 Å². The predicted molar refractivity (Wildman–Crippen MR) is 67.5 cm³/mol. The number of carbonyl (C=O) groups is 1. The van der Waals surface area contributed by atoms with Gasteiger partial charge in [0.25, 0.3) is 0 Å². The molecule has 1 saturated heterocycles. The lowest BCUT2D eigenvalue weighted by molar-refractivity contribution is -0.120. The fourth-order valence-corrected chi connectivity index (χ4v) is 2.31. The highest BCUT2D eigenvalue weighted by atomic mass is 16.3. The summed E-state index contributed by atoms with van der Waals surface area (Å²) in [5.41, 5.74) is 5.29. The van der Waals surface area contributed by atoms with Gasteiger partial charge in [-0.15, -0.1) is 0 Å². The summed E-state index contributed by atoms with van der Waals surface area (Å²) >= 11 is 0. The topological polar surface area (TPSA) is 78.6 Å². The first kappa shape index (κ1) is 14.4. The van der Waals surface area contributed by atoms with E-state index in [1.807, 2.05) is 6.92 Å². The Morgan fingerprint density at radius 2 is 2.18 bits per heavy atom. The molecule has 1 aliphatic rings. The Labute approximate surface area is 103 Å². The lowest BCUT2D eigenvalue weighted by Crippen LogP contribution is -2.45. The summed E-state index contributed by atoms with van der Waals surface area (Å²) < 4.78 is 0. The minimum atomic E-state index is -0.259. The monoisotopic (exact) mass is 243 g/mol. The third-order valence-electron chi connectivity index (χ3n) is 3.53. The van der Waals surface area contributed by atoms with Crippen LogP contribution in [-0.4, -0.2) is 54.7 Å². The molecular weight excluding hydrogens is 218 g/mol. The predicted octanol–water partition coefficient (Wildman–Crippen LogP) is -0.456. The third-order valence-corrected chi connectivity index (χ3v) is 3.53. The van der Waals surface area contributed by atoms with Crippen molar-refractivity contribution >= 4 is 5.91 Å². The Bertz CT molecular complexity index is 228. The molecule has 17 heavy (non-hydrogen) atoms. The zero-order chi connectivity index (χ0) is 12.7. The number of β-amino-alcohol motifs (C(OH)–C–C–N with tert-alkyl or cyclic N) is 1. The maximum atomic E-state index is 11.1. The molecule has 4 N–H and O–H groups in total. The number of rotatable bonds is 7. The van der Waals surface area contributed by atoms with Gasteiger partial charge in [0.15, 0.2) is 0 Å². The Balaban J connectivity index is 2.19. The highest BCUT2D eigenvalue weighted by molar-refractivity contribution is 5.79. The molecule has 0 bridgehead atoms. The Kier molecular flexibility index (Phi) is 6.47. The van der Waals surface area contributed by atoms with Crippen LogP contribution in [0.1, 0.15) is 26.2 Å². The summed E-state index contributed by atoms with van der Waals surface area (Å²) in [5.74, 6) is 0.364. The molecule has 100 valence electrons. The lowest BCUT2D eigenvalue weighted by Gasteiger charge is -2.32. The summed E-state index contributed by atoms with van der Waals surface area (Å²) in [6, 6.07) is -0.189. The molecule has 1 unspecified atom stereocenters. The van der Waals surface area contributed by atoms with E-state index < -0.39 is 0 Å². The van der Waals surface area contributed by atoms with Gasteiger partial charge in [0.05, 0.1) is 12.6 Å². The molecule has 1 fully saturated rings. The van der Waals surface area contributed by atoms with Crippen LogP contribution in [-0.2, 0) is 4.79 Å². The fourth-order valence-electron chi connectivity index (χ4n) is 2.31. The van der Waals surface area contributed by atoms with Gasteiger partial charge in [0.1, 0.15) is 0 Å². The fraction of sp³-hybridized carbons (Fsp3) is 0.917. The minimum Gasteiger partial charge on any atom is -0.395 e. The van der Waals surface area contributed by atoms with Crippen LogP contribution >= 0.6 is 0 Å². The maximum Gasteiger partial charge on any atom is 0.234 e. The van der Waals surface area contributed by atoms with Crippen LogP contribution in [0.4, 0.5) is 0 Å². The number of nitrogens with zero attached hydrogens (tertiary/aromatic N) is 1. The number of hydrogen-bond donors (Lipinski definition) is 3. The van der Waals surface area contributed by atoms with Gasteiger partial charge in [-0.05, 0) is 44.8 Å². The molecule has 0 aromatic rings. The van der Waals surface area contributed by atoms with Crippen LogP contribution in [0.3, 0.4) is 0 Å². The molecule has 5 heteroatoms. The Hall–Kier alpha value is -0.650. The van der Waals surface area contributed by atoms with Crippen LogP contribution < -0.4 is 11.1 Å². The number of piperidine rings is 1. The van der Waals surface area contributed by atoms with E-state index in [-0.39, 0.29) is 18.6 Å². The van der Waals surface area contributed by atoms with Crippen LogP contribution in [0.5, 0.6) is 0 Å². The molecule has 1 aliphatic heterocycles. The van der Waals surface area contributed by atoms with Gasteiger partial charge in [-0.25, -0.2) is 0 Å². The van der Waals surface area contributed by atoms with Crippen molar-refractivity contribution in [3.63, 3.8) is 0 Å². The number of amides is 1. The molecule has 0 saturated carbocycles. The number of primary amides is 1. The molecule has 0 radical (unpaired) electrons. The van der Waals surface area contributed by atoms with Crippen molar-refractivity contribution in [2.24, 2.45) is 11.7 Å². The smallest absolute Gasteiger partial charge is 0.234 e. The number of aliphatic hydroxyl groups is 1. The SMILES string of the molecule is CCC(NCC1CCN(CCO)CC1)C(N)=O. The third kappa shape index (κ3) is 5.02. The lowest BCUT2D eigenvalue weighted by atomic mass is 9.96. The van der Waals surface area contributed by atoms with Gasteiger partial charge in [-0.3, -0.25) is 4.79 Å². The van der Waals surface area contributed by atoms with E-state index in [0.717, 1.165) is 45.4 Å². The number of aliphatic hydroxyl groups excluding tert-OH is 1. The highest BCUT2D eigenvalue weighted by Crippen LogP contribution is 2.16. The van der Waals surface area contributed by atoms with E-state index in [4.69, 9.17) is 10.8 Å². The zero-order valence-corrected chi connectivity index (χ0v) is 10.7. The molecule has 0 spiro atoms. The number of nitrogens with two attached hydrogens (primary N) is 1. The molecule has 1 heterocycles. The maximum absolute atomic E-state index is 11.1. The summed E-state index contributed by atoms with van der Waals surface area (Å²) in [4.78, 5) is 13.3. The normalized spacial score (nSPS) is 20.4. The zero-order valence-electron chi connectivity index (χ0n) is 10.7. The second-order valence-electron chi connectivity index (χ2n) is 4.78. The second-order valence-corrected chi connectivity index (χ2v) is 4.78. The van der Waals surface area contributed by atoms with Crippen LogP contribution in [0, 0.1) is 5.92 Å². The molecule has 1 atom stereocenters. The molecule has 0 aliphatic carbocycles. The van der Waals surface area contributed by atoms with Crippen molar-refractivity contribution in [2.45, 2.75) is 32.2 Å². The van der Waals surface area contributed by atoms with Crippen molar-refractivity contribution in [2.75, 3.05) is 32.8 Å². The molecule has 1 amide bonds. The largest absolute Gasteiger partial charge is 0.395 e. The summed E-state index contributed by atoms with van der Waals surface area (Å²) in [7, 11) is 0. The first-order valence-corrected chi connectivity index (χ1v) is 6.53. The highest BCUT2D eigenvalue weighted by Gasteiger charge is 2.20. The van der Waals surface area contributed by atoms with Gasteiger partial charge < -0.3 is 21.1 Å². The standard InChI is InChI=1S/C12H25N3O2/c1-2-11(12(13)17)14-9-10-3-5-15(6-4-10)7-8-16/h10-11,14,16H,2-9H2,1H3,(H2,13,17). The molecule has 0 aromatic heterocycles. The van der Waals surface area contributed by atoms with Crippen LogP contribution in [0.2, 0.25) is 0 Å². The Morgan fingerprint density at radius 1 is 1.53 bits per heavy atom. The molecule has 5 nitrogen and oxygen atoms in total. The average molecular weight is 243 g/mol. The van der Waals surface area contributed by atoms with Crippen LogP contribution in [0.25, 0.3) is 0 Å². The minimum absolute atomic E-state index is 0.189. The second kappa shape index (κ2) is 7.63. The molecular formula is C12H25N3O2. The number of carbonyl (C=O) groups excluding carboxylic acids is 1. The number of nitrogens with one attached hydrogen (secondary N) is 1. The molecule has 1 rings (SSSR count).